The van der Waals surface area contributed by atoms with Crippen LogP contribution in [0.5, 0.6) is 0 Å². The molecule has 1 heterocycles. The van der Waals surface area contributed by atoms with Crippen molar-refractivity contribution in [2.45, 2.75) is 71.9 Å². The second-order valence-electron chi connectivity index (χ2n) is 8.22. The first-order valence-corrected chi connectivity index (χ1v) is 11.6. The molecule has 2 aromatic carbocycles. The van der Waals surface area contributed by atoms with Crippen LogP contribution in [0.3, 0.4) is 0 Å². The minimum Gasteiger partial charge on any atom is -0.478 e. The summed E-state index contributed by atoms with van der Waals surface area (Å²) in [7, 11) is 0. The minimum absolute atomic E-state index is 0.0482. The third kappa shape index (κ3) is 5.75. The van der Waals surface area contributed by atoms with Gasteiger partial charge in [0.05, 0.1) is 12.1 Å². The van der Waals surface area contributed by atoms with Crippen molar-refractivity contribution in [2.75, 3.05) is 0 Å². The molecule has 0 saturated heterocycles. The lowest BCUT2D eigenvalue weighted by Gasteiger charge is -2.09. The summed E-state index contributed by atoms with van der Waals surface area (Å²) < 4.78 is 3.41. The Labute approximate surface area is 189 Å². The van der Waals surface area contributed by atoms with E-state index >= 15 is 0 Å². The molecule has 0 bridgehead atoms. The lowest BCUT2D eigenvalue weighted by molar-refractivity contribution is 0.0697. The van der Waals surface area contributed by atoms with Gasteiger partial charge in [-0.3, -0.25) is 4.57 Å². The third-order valence-corrected chi connectivity index (χ3v) is 5.74. The number of aromatic carboxylic acids is 1. The Balaban J connectivity index is 1.82. The van der Waals surface area contributed by atoms with Crippen LogP contribution in [0.2, 0.25) is 0 Å². The van der Waals surface area contributed by atoms with Crippen molar-refractivity contribution in [2.24, 2.45) is 0 Å². The van der Waals surface area contributed by atoms with Gasteiger partial charge in [0.15, 0.2) is 0 Å². The van der Waals surface area contributed by atoms with Gasteiger partial charge in [0, 0.05) is 13.0 Å². The zero-order chi connectivity index (χ0) is 22.9. The number of hydrogen-bond acceptors (Lipinski definition) is 3. The largest absolute Gasteiger partial charge is 0.478 e. The fourth-order valence-corrected chi connectivity index (χ4v) is 3.89. The molecule has 0 unspecified atom stereocenters. The molecular weight excluding hydrogens is 402 g/mol. The second-order valence-corrected chi connectivity index (χ2v) is 8.22. The fourth-order valence-electron chi connectivity index (χ4n) is 3.89. The predicted molar refractivity (Wildman–Crippen MR) is 127 cm³/mol. The van der Waals surface area contributed by atoms with Crippen LogP contribution in [0.4, 0.5) is 0 Å². The van der Waals surface area contributed by atoms with Gasteiger partial charge in [-0.1, -0.05) is 82.0 Å². The highest BCUT2D eigenvalue weighted by Crippen LogP contribution is 2.24. The van der Waals surface area contributed by atoms with Crippen LogP contribution in [0.15, 0.2) is 53.3 Å². The van der Waals surface area contributed by atoms with E-state index in [1.54, 1.807) is 21.4 Å². The van der Waals surface area contributed by atoms with Crippen LogP contribution >= 0.6 is 0 Å². The molecule has 170 valence electrons. The van der Waals surface area contributed by atoms with Gasteiger partial charge in [0.2, 0.25) is 0 Å². The van der Waals surface area contributed by atoms with Crippen molar-refractivity contribution >= 4 is 5.97 Å². The van der Waals surface area contributed by atoms with Gasteiger partial charge in [-0.25, -0.2) is 14.3 Å². The molecule has 1 N–H and O–H groups in total. The van der Waals surface area contributed by atoms with E-state index < -0.39 is 5.97 Å². The van der Waals surface area contributed by atoms with Gasteiger partial charge < -0.3 is 5.11 Å². The molecule has 6 heteroatoms. The van der Waals surface area contributed by atoms with Crippen molar-refractivity contribution in [1.82, 2.24) is 14.3 Å². The highest BCUT2D eigenvalue weighted by Gasteiger charge is 2.14. The number of hydrogen-bond donors (Lipinski definition) is 1. The van der Waals surface area contributed by atoms with Crippen LogP contribution in [0.1, 0.15) is 74.1 Å². The normalized spacial score (nSPS) is 11.1. The average molecular weight is 436 g/mol. The number of carboxylic acids is 1. The van der Waals surface area contributed by atoms with Crippen molar-refractivity contribution in [3.63, 3.8) is 0 Å². The van der Waals surface area contributed by atoms with E-state index in [4.69, 9.17) is 0 Å². The van der Waals surface area contributed by atoms with Gasteiger partial charge >= 0.3 is 11.7 Å². The highest BCUT2D eigenvalue weighted by molar-refractivity contribution is 5.95. The zero-order valence-corrected chi connectivity index (χ0v) is 19.1. The molecule has 0 aliphatic heterocycles. The summed E-state index contributed by atoms with van der Waals surface area (Å²) in [5, 5.41) is 14.1. The fraction of sp³-hybridized carbons (Fsp3) is 0.423. The van der Waals surface area contributed by atoms with Crippen molar-refractivity contribution in [3.8, 4) is 11.1 Å². The average Bonchev–Trinajstić information content (AvgIpc) is 3.10. The van der Waals surface area contributed by atoms with Crippen molar-refractivity contribution in [3.05, 3.63) is 76.0 Å². The molecule has 3 rings (SSSR count). The molecule has 0 fully saturated rings. The number of aryl methyl sites for hydroxylation is 2. The zero-order valence-electron chi connectivity index (χ0n) is 19.1. The molecule has 1 aromatic heterocycles. The van der Waals surface area contributed by atoms with Crippen molar-refractivity contribution < 1.29 is 9.90 Å². The highest BCUT2D eigenvalue weighted by atomic mass is 16.4. The third-order valence-electron chi connectivity index (χ3n) is 5.74. The summed E-state index contributed by atoms with van der Waals surface area (Å²) in [4.78, 5) is 24.6. The Morgan fingerprint density at radius 3 is 2.34 bits per heavy atom. The Bertz CT molecular complexity index is 1080. The Morgan fingerprint density at radius 1 is 0.938 bits per heavy atom. The summed E-state index contributed by atoms with van der Waals surface area (Å²) in [6, 6.07) is 14.8. The Kier molecular flexibility index (Phi) is 8.42. The summed E-state index contributed by atoms with van der Waals surface area (Å²) in [5.41, 5.74) is 2.76. The molecule has 0 amide bonds. The minimum atomic E-state index is -0.942. The number of benzene rings is 2. The van der Waals surface area contributed by atoms with Crippen LogP contribution in [-0.4, -0.2) is 25.4 Å². The first kappa shape index (κ1) is 23.5. The summed E-state index contributed by atoms with van der Waals surface area (Å²) in [5.74, 6) is -0.101. The monoisotopic (exact) mass is 435 g/mol. The first-order valence-electron chi connectivity index (χ1n) is 11.6. The van der Waals surface area contributed by atoms with Crippen LogP contribution in [0, 0.1) is 0 Å². The van der Waals surface area contributed by atoms with E-state index in [1.165, 1.54) is 6.42 Å². The smallest absolute Gasteiger partial charge is 0.346 e. The lowest BCUT2D eigenvalue weighted by atomic mass is 9.99. The van der Waals surface area contributed by atoms with E-state index in [9.17, 15) is 14.7 Å². The van der Waals surface area contributed by atoms with E-state index in [-0.39, 0.29) is 11.3 Å². The number of unbranched alkanes of at least 4 members (excludes halogenated alkanes) is 4. The van der Waals surface area contributed by atoms with Crippen LogP contribution < -0.4 is 5.69 Å². The summed E-state index contributed by atoms with van der Waals surface area (Å²) in [6.45, 7) is 5.44. The first-order chi connectivity index (χ1) is 15.5. The maximum absolute atomic E-state index is 13.0. The van der Waals surface area contributed by atoms with Crippen LogP contribution in [-0.2, 0) is 19.5 Å². The van der Waals surface area contributed by atoms with E-state index in [2.05, 4.69) is 18.9 Å². The predicted octanol–water partition coefficient (Wildman–Crippen LogP) is 5.38. The number of carboxylic acid groups (broad SMARTS) is 1. The SMILES string of the molecule is CCCCCCn1nc(CCCC)n(Cc2ccc(-c3ccccc3C(=O)O)cc2)c1=O. The summed E-state index contributed by atoms with van der Waals surface area (Å²) >= 11 is 0. The molecular formula is C26H33N3O3. The standard InChI is InChI=1S/C26H33N3O3/c1-3-5-7-10-18-29-26(32)28(24(27-29)13-6-4-2)19-20-14-16-21(17-15-20)22-11-8-9-12-23(22)25(30)31/h8-9,11-12,14-17H,3-7,10,13,18-19H2,1-2H3,(H,30,31). The van der Waals surface area contributed by atoms with Crippen LogP contribution in [0.25, 0.3) is 11.1 Å². The van der Waals surface area contributed by atoms with Gasteiger partial charge in [0.25, 0.3) is 0 Å². The van der Waals surface area contributed by atoms with E-state index in [0.717, 1.165) is 55.5 Å². The second kappa shape index (κ2) is 11.5. The van der Waals surface area contributed by atoms with Gasteiger partial charge in [-0.05, 0) is 35.6 Å². The molecule has 32 heavy (non-hydrogen) atoms. The number of aromatic nitrogens is 3. The maximum Gasteiger partial charge on any atom is 0.346 e. The van der Waals surface area contributed by atoms with E-state index in [1.807, 2.05) is 36.4 Å². The molecule has 0 spiro atoms. The van der Waals surface area contributed by atoms with E-state index in [0.29, 0.717) is 18.7 Å². The lowest BCUT2D eigenvalue weighted by Crippen LogP contribution is -2.26. The van der Waals surface area contributed by atoms with Crippen molar-refractivity contribution in [1.29, 1.82) is 0 Å². The number of carbonyl (C=O) groups is 1. The molecule has 0 radical (unpaired) electrons. The number of nitrogens with zero attached hydrogens (tertiary/aromatic N) is 3. The molecule has 0 saturated carbocycles. The summed E-state index contributed by atoms with van der Waals surface area (Å²) in [6.07, 6.45) is 7.26. The molecule has 6 nitrogen and oxygen atoms in total. The number of rotatable bonds is 12. The van der Waals surface area contributed by atoms with Gasteiger partial charge in [-0.2, -0.15) is 5.10 Å². The van der Waals surface area contributed by atoms with Gasteiger partial charge in [0.1, 0.15) is 5.82 Å². The van der Waals surface area contributed by atoms with Gasteiger partial charge in [-0.15, -0.1) is 0 Å². The molecule has 3 aromatic rings. The molecule has 0 aliphatic rings. The molecule has 0 atom stereocenters. The Morgan fingerprint density at radius 2 is 1.66 bits per heavy atom. The topological polar surface area (TPSA) is 77.1 Å². The Hall–Kier alpha value is -3.15. The molecule has 0 aliphatic carbocycles. The quantitative estimate of drug-likeness (QED) is 0.387. The maximum atomic E-state index is 13.0.